The molecule has 2 aromatic rings. The van der Waals surface area contributed by atoms with E-state index in [9.17, 15) is 42.3 Å². The molecular weight excluding hydrogens is 746 g/mol. The van der Waals surface area contributed by atoms with E-state index in [-0.39, 0.29) is 44.0 Å². The molecule has 16 nitrogen and oxygen atoms in total. The molecule has 3 aliphatic heterocycles. The van der Waals surface area contributed by atoms with Gasteiger partial charge in [0.25, 0.3) is 0 Å². The van der Waals surface area contributed by atoms with Gasteiger partial charge in [-0.1, -0.05) is 24.6 Å². The molecule has 3 fully saturated rings. The Kier molecular flexibility index (Phi) is 13.5. The molecule has 57 heavy (non-hydrogen) atoms. The van der Waals surface area contributed by atoms with Gasteiger partial charge in [-0.2, -0.15) is 0 Å². The van der Waals surface area contributed by atoms with Gasteiger partial charge in [0.2, 0.25) is 29.5 Å². The van der Waals surface area contributed by atoms with E-state index < -0.39 is 102 Å². The van der Waals surface area contributed by atoms with Crippen molar-refractivity contribution in [2.24, 2.45) is 11.7 Å². The molecule has 3 aliphatic rings. The Morgan fingerprint density at radius 3 is 2.26 bits per heavy atom. The molecule has 0 radical (unpaired) electrons. The smallest absolute Gasteiger partial charge is 0.329 e. The van der Waals surface area contributed by atoms with Crippen LogP contribution in [0.5, 0.6) is 0 Å². The number of benzene rings is 2. The van der Waals surface area contributed by atoms with Gasteiger partial charge in [-0.15, -0.1) is 0 Å². The number of anilines is 1. The van der Waals surface area contributed by atoms with Crippen LogP contribution in [0.1, 0.15) is 51.2 Å². The van der Waals surface area contributed by atoms with Crippen LogP contribution in [0, 0.1) is 24.5 Å². The van der Waals surface area contributed by atoms with E-state index in [1.54, 1.807) is 24.3 Å². The maximum absolute atomic E-state index is 14.6. The fourth-order valence-electron chi connectivity index (χ4n) is 7.53. The van der Waals surface area contributed by atoms with Crippen molar-refractivity contribution in [3.8, 4) is 0 Å². The SMILES string of the molecule is Cc1ccc(NC(=O)NC(Cc2cc(F)cc(F)c2)C(=O)NC2C(=O)N3CCCC3C(=O)N(C)C(CN)C(=O)NC(C)C(=O)N3CC(C)CC3C(=O)OC2C)cc1. The first-order chi connectivity index (χ1) is 27.0. The molecule has 0 saturated carbocycles. The summed E-state index contributed by atoms with van der Waals surface area (Å²) in [5.74, 6) is -6.54. The van der Waals surface area contributed by atoms with Crippen LogP contribution in [-0.4, -0.2) is 125 Å². The number of carbonyl (C=O) groups is 7. The number of nitrogens with zero attached hydrogens (tertiary/aromatic N) is 3. The molecule has 0 aromatic heterocycles. The molecule has 7 amide bonds. The minimum atomic E-state index is -1.66. The van der Waals surface area contributed by atoms with Crippen LogP contribution in [0.25, 0.3) is 0 Å². The van der Waals surface area contributed by atoms with Crippen LogP contribution in [-0.2, 0) is 39.9 Å². The third-order valence-electron chi connectivity index (χ3n) is 10.6. The largest absolute Gasteiger partial charge is 0.458 e. The Hall–Kier alpha value is -5.65. The lowest BCUT2D eigenvalue weighted by Crippen LogP contribution is -2.63. The second kappa shape index (κ2) is 18.1. The maximum atomic E-state index is 14.6. The van der Waals surface area contributed by atoms with Crippen LogP contribution in [0.4, 0.5) is 19.3 Å². The highest BCUT2D eigenvalue weighted by molar-refractivity contribution is 5.98. The number of nitrogens with two attached hydrogens (primary N) is 1. The molecule has 8 unspecified atom stereocenters. The second-order valence-corrected chi connectivity index (χ2v) is 15.1. The molecule has 18 heteroatoms. The van der Waals surface area contributed by atoms with E-state index in [0.717, 1.165) is 22.6 Å². The number of amides is 7. The molecule has 2 aromatic carbocycles. The minimum Gasteiger partial charge on any atom is -0.458 e. The van der Waals surface area contributed by atoms with Gasteiger partial charge in [-0.25, -0.2) is 18.4 Å². The summed E-state index contributed by atoms with van der Waals surface area (Å²) in [7, 11) is 1.37. The number of nitrogens with one attached hydrogen (secondary N) is 4. The zero-order valence-electron chi connectivity index (χ0n) is 32.6. The fraction of sp³-hybridized carbons (Fsp3) is 0.513. The van der Waals surface area contributed by atoms with E-state index in [2.05, 4.69) is 21.3 Å². The van der Waals surface area contributed by atoms with Gasteiger partial charge in [0.15, 0.2) is 0 Å². The molecular formula is C39H50F2N8O8. The van der Waals surface area contributed by atoms with Crippen LogP contribution in [0.3, 0.4) is 0 Å². The zero-order valence-corrected chi connectivity index (χ0v) is 32.6. The Balaban J connectivity index is 1.50. The number of esters is 1. The fourth-order valence-corrected chi connectivity index (χ4v) is 7.53. The third kappa shape index (κ3) is 10.0. The summed E-state index contributed by atoms with van der Waals surface area (Å²) in [6.45, 7) is 6.45. The van der Waals surface area contributed by atoms with Crippen molar-refractivity contribution in [2.45, 2.75) is 95.7 Å². The summed E-state index contributed by atoms with van der Waals surface area (Å²) in [5.41, 5.74) is 7.28. The molecule has 3 saturated heterocycles. The van der Waals surface area contributed by atoms with E-state index in [0.29, 0.717) is 18.2 Å². The van der Waals surface area contributed by atoms with E-state index in [4.69, 9.17) is 10.5 Å². The molecule has 308 valence electrons. The molecule has 0 bridgehead atoms. The lowest BCUT2D eigenvalue weighted by atomic mass is 10.0. The number of aryl methyl sites for hydroxylation is 1. The Labute approximate surface area is 329 Å². The van der Waals surface area contributed by atoms with Gasteiger partial charge in [-0.3, -0.25) is 24.0 Å². The predicted octanol–water partition coefficient (Wildman–Crippen LogP) is 0.955. The molecule has 0 spiro atoms. The summed E-state index contributed by atoms with van der Waals surface area (Å²) in [5, 5.41) is 10.3. The minimum absolute atomic E-state index is 0.00755. The first-order valence-corrected chi connectivity index (χ1v) is 18.9. The summed E-state index contributed by atoms with van der Waals surface area (Å²) < 4.78 is 34.4. The van der Waals surface area contributed by atoms with Gasteiger partial charge in [0.05, 0.1) is 0 Å². The van der Waals surface area contributed by atoms with Crippen LogP contribution >= 0.6 is 0 Å². The van der Waals surface area contributed by atoms with Gasteiger partial charge >= 0.3 is 12.0 Å². The number of hydrogen-bond donors (Lipinski definition) is 5. The van der Waals surface area contributed by atoms with Crippen LogP contribution < -0.4 is 27.0 Å². The highest BCUT2D eigenvalue weighted by atomic mass is 19.1. The summed E-state index contributed by atoms with van der Waals surface area (Å²) in [4.78, 5) is 101. The van der Waals surface area contributed by atoms with Crippen LogP contribution in [0.2, 0.25) is 0 Å². The van der Waals surface area contributed by atoms with Crippen molar-refractivity contribution in [3.05, 3.63) is 65.2 Å². The first-order valence-electron chi connectivity index (χ1n) is 18.9. The average molecular weight is 797 g/mol. The average Bonchev–Trinajstić information content (AvgIpc) is 3.80. The number of urea groups is 1. The number of carbonyl (C=O) groups excluding carboxylic acids is 7. The van der Waals surface area contributed by atoms with Gasteiger partial charge in [0, 0.05) is 44.9 Å². The van der Waals surface area contributed by atoms with E-state index in [1.807, 2.05) is 13.8 Å². The molecule has 3 heterocycles. The van der Waals surface area contributed by atoms with Crippen molar-refractivity contribution in [2.75, 3.05) is 32.0 Å². The lowest BCUT2D eigenvalue weighted by Gasteiger charge is -2.36. The quantitative estimate of drug-likeness (QED) is 0.252. The summed E-state index contributed by atoms with van der Waals surface area (Å²) in [6, 6.07) is 0.857. The molecule has 6 N–H and O–H groups in total. The lowest BCUT2D eigenvalue weighted by molar-refractivity contribution is -0.162. The standard InChI is InChI=1S/C39H50F2N8O8/c1-20-8-10-27(11-9-20)44-39(56)45-28(16-24-14-25(40)17-26(41)15-24)33(50)46-32-23(4)57-38(55)30-13-21(2)19-49(30)35(52)22(3)43-34(51)31(18-42)47(5)36(53)29-7-6-12-48(29)37(32)54/h8-11,14-15,17,21-23,28-32H,6-7,12-13,16,18-19,42H2,1-5H3,(H,43,51)(H,46,50)(H2,44,45,56). The Bertz CT molecular complexity index is 1860. The molecule has 8 atom stereocenters. The Morgan fingerprint density at radius 2 is 1.61 bits per heavy atom. The van der Waals surface area contributed by atoms with E-state index in [1.165, 1.54) is 30.7 Å². The maximum Gasteiger partial charge on any atom is 0.329 e. The van der Waals surface area contributed by atoms with Crippen molar-refractivity contribution >= 4 is 47.2 Å². The summed E-state index contributed by atoms with van der Waals surface area (Å²) in [6.07, 6.45) is -1.04. The zero-order chi connectivity index (χ0) is 41.7. The highest BCUT2D eigenvalue weighted by Gasteiger charge is 2.46. The molecule has 5 rings (SSSR count). The topological polar surface area (TPSA) is 213 Å². The third-order valence-corrected chi connectivity index (χ3v) is 10.6. The first kappa shape index (κ1) is 42.5. The number of ether oxygens (including phenoxy) is 1. The van der Waals surface area contributed by atoms with Crippen molar-refractivity contribution in [3.63, 3.8) is 0 Å². The van der Waals surface area contributed by atoms with Crippen molar-refractivity contribution in [1.82, 2.24) is 30.7 Å². The van der Waals surface area contributed by atoms with Gasteiger partial charge in [-0.05, 0) is 75.8 Å². The van der Waals surface area contributed by atoms with Gasteiger partial charge < -0.3 is 46.4 Å². The Morgan fingerprint density at radius 1 is 0.947 bits per heavy atom. The van der Waals surface area contributed by atoms with Crippen molar-refractivity contribution < 1.29 is 47.1 Å². The van der Waals surface area contributed by atoms with Crippen molar-refractivity contribution in [1.29, 1.82) is 0 Å². The monoisotopic (exact) mass is 796 g/mol. The molecule has 0 aliphatic carbocycles. The predicted molar refractivity (Wildman–Crippen MR) is 202 cm³/mol. The van der Waals surface area contributed by atoms with Gasteiger partial charge in [0.1, 0.15) is 54.0 Å². The number of rotatable bonds is 7. The summed E-state index contributed by atoms with van der Waals surface area (Å²) >= 11 is 0. The number of fused-ring (bicyclic) bond motifs is 2. The highest BCUT2D eigenvalue weighted by Crippen LogP contribution is 2.27. The number of likely N-dealkylation sites (N-methyl/N-ethyl adjacent to an activating group) is 1. The number of cyclic esters (lactones) is 1. The number of halogens is 2. The van der Waals surface area contributed by atoms with Crippen LogP contribution in [0.15, 0.2) is 42.5 Å². The van der Waals surface area contributed by atoms with E-state index >= 15 is 0 Å². The number of hydrogen-bond acceptors (Lipinski definition) is 9. The second-order valence-electron chi connectivity index (χ2n) is 15.1. The normalized spacial score (nSPS) is 26.6.